The lowest BCUT2D eigenvalue weighted by Gasteiger charge is -2.09. The number of halogens is 1. The smallest absolute Gasteiger partial charge is 0.162 e. The number of ether oxygens (including phenoxy) is 1. The maximum absolute atomic E-state index is 9.72. The lowest BCUT2D eigenvalue weighted by Crippen LogP contribution is -2.00. The van der Waals surface area contributed by atoms with Crippen LogP contribution in [-0.4, -0.2) is 18.8 Å². The second-order valence-corrected chi connectivity index (χ2v) is 3.44. The van der Waals surface area contributed by atoms with Gasteiger partial charge in [-0.3, -0.25) is 0 Å². The molecule has 1 aromatic rings. The van der Waals surface area contributed by atoms with Crippen LogP contribution in [0.3, 0.4) is 0 Å². The van der Waals surface area contributed by atoms with Crippen LogP contribution < -0.4 is 10.5 Å². The van der Waals surface area contributed by atoms with Crippen molar-refractivity contribution in [3.63, 3.8) is 0 Å². The summed E-state index contributed by atoms with van der Waals surface area (Å²) >= 11 is 5.86. The summed E-state index contributed by atoms with van der Waals surface area (Å²) in [6.07, 6.45) is 1.52. The van der Waals surface area contributed by atoms with Crippen LogP contribution in [0, 0.1) is 0 Å². The van der Waals surface area contributed by atoms with Gasteiger partial charge in [0.2, 0.25) is 0 Å². The van der Waals surface area contributed by atoms with E-state index in [1.165, 1.54) is 7.11 Å². The molecule has 1 rings (SSSR count). The van der Waals surface area contributed by atoms with Gasteiger partial charge in [-0.1, -0.05) is 11.6 Å². The Balaban J connectivity index is 2.96. The van der Waals surface area contributed by atoms with Gasteiger partial charge in [-0.25, -0.2) is 0 Å². The Morgan fingerprint density at radius 1 is 1.50 bits per heavy atom. The predicted octanol–water partition coefficient (Wildman–Crippen LogP) is 1.95. The topological polar surface area (TPSA) is 55.5 Å². The van der Waals surface area contributed by atoms with Crippen LogP contribution in [0.1, 0.15) is 12.0 Å². The van der Waals surface area contributed by atoms with Crippen molar-refractivity contribution in [2.45, 2.75) is 12.8 Å². The molecule has 0 saturated carbocycles. The van der Waals surface area contributed by atoms with Gasteiger partial charge in [0, 0.05) is 11.1 Å². The highest BCUT2D eigenvalue weighted by Gasteiger charge is 2.09. The summed E-state index contributed by atoms with van der Waals surface area (Å²) in [6, 6.07) is 3.32. The fourth-order valence-corrected chi connectivity index (χ4v) is 1.50. The van der Waals surface area contributed by atoms with Gasteiger partial charge in [-0.05, 0) is 31.0 Å². The third-order valence-corrected chi connectivity index (χ3v) is 2.21. The third-order valence-electron chi connectivity index (χ3n) is 1.99. The lowest BCUT2D eigenvalue weighted by atomic mass is 10.1. The number of aryl methyl sites for hydroxylation is 1. The molecule has 0 saturated heterocycles. The highest BCUT2D eigenvalue weighted by molar-refractivity contribution is 6.30. The highest BCUT2D eigenvalue weighted by atomic mass is 35.5. The van der Waals surface area contributed by atoms with E-state index >= 15 is 0 Å². The summed E-state index contributed by atoms with van der Waals surface area (Å²) in [7, 11) is 1.50. The van der Waals surface area contributed by atoms with Crippen molar-refractivity contribution in [1.82, 2.24) is 0 Å². The zero-order chi connectivity index (χ0) is 10.6. The van der Waals surface area contributed by atoms with Crippen molar-refractivity contribution >= 4 is 11.6 Å². The Labute approximate surface area is 88.4 Å². The number of aromatic hydroxyl groups is 1. The van der Waals surface area contributed by atoms with Crippen molar-refractivity contribution in [2.24, 2.45) is 5.73 Å². The maximum atomic E-state index is 9.72. The standard InChI is InChI=1S/C10H14ClNO2/c1-14-9-6-8(11)5-7(10(9)13)3-2-4-12/h5-6,13H,2-4,12H2,1H3. The van der Waals surface area contributed by atoms with E-state index < -0.39 is 0 Å². The van der Waals surface area contributed by atoms with Gasteiger partial charge in [-0.15, -0.1) is 0 Å². The van der Waals surface area contributed by atoms with Crippen molar-refractivity contribution in [1.29, 1.82) is 0 Å². The SMILES string of the molecule is COc1cc(Cl)cc(CCCN)c1O. The molecular formula is C10H14ClNO2. The zero-order valence-electron chi connectivity index (χ0n) is 8.09. The Bertz CT molecular complexity index is 315. The molecule has 0 fully saturated rings. The number of hydrogen-bond acceptors (Lipinski definition) is 3. The number of hydrogen-bond donors (Lipinski definition) is 2. The van der Waals surface area contributed by atoms with Crippen molar-refractivity contribution in [2.75, 3.05) is 13.7 Å². The second-order valence-electron chi connectivity index (χ2n) is 3.01. The van der Waals surface area contributed by atoms with E-state index in [1.54, 1.807) is 12.1 Å². The number of phenols is 1. The Kier molecular flexibility index (Phi) is 4.04. The van der Waals surface area contributed by atoms with Crippen LogP contribution in [0.2, 0.25) is 5.02 Å². The lowest BCUT2D eigenvalue weighted by molar-refractivity contribution is 0.370. The summed E-state index contributed by atoms with van der Waals surface area (Å²) in [4.78, 5) is 0. The molecule has 1 aromatic carbocycles. The van der Waals surface area contributed by atoms with Gasteiger partial charge in [0.05, 0.1) is 7.11 Å². The molecule has 0 atom stereocenters. The Morgan fingerprint density at radius 2 is 2.21 bits per heavy atom. The van der Waals surface area contributed by atoms with E-state index in [-0.39, 0.29) is 5.75 Å². The number of phenolic OH excluding ortho intramolecular Hbond substituents is 1. The summed E-state index contributed by atoms with van der Waals surface area (Å²) in [5, 5.41) is 10.3. The number of rotatable bonds is 4. The molecule has 4 heteroatoms. The monoisotopic (exact) mass is 215 g/mol. The van der Waals surface area contributed by atoms with Crippen LogP contribution in [0.25, 0.3) is 0 Å². The maximum Gasteiger partial charge on any atom is 0.162 e. The Hall–Kier alpha value is -0.930. The van der Waals surface area contributed by atoms with Gasteiger partial charge in [0.15, 0.2) is 11.5 Å². The molecule has 3 nitrogen and oxygen atoms in total. The largest absolute Gasteiger partial charge is 0.504 e. The first kappa shape index (κ1) is 11.1. The van der Waals surface area contributed by atoms with E-state index in [2.05, 4.69) is 0 Å². The molecule has 0 aliphatic heterocycles. The molecule has 3 N–H and O–H groups in total. The minimum atomic E-state index is 0.158. The first-order valence-electron chi connectivity index (χ1n) is 4.44. The molecule has 0 aromatic heterocycles. The third kappa shape index (κ3) is 2.53. The van der Waals surface area contributed by atoms with Crippen LogP contribution in [0.4, 0.5) is 0 Å². The van der Waals surface area contributed by atoms with E-state index in [4.69, 9.17) is 22.1 Å². The van der Waals surface area contributed by atoms with Gasteiger partial charge in [-0.2, -0.15) is 0 Å². The first-order chi connectivity index (χ1) is 6.69. The molecule has 0 spiro atoms. The zero-order valence-corrected chi connectivity index (χ0v) is 8.84. The van der Waals surface area contributed by atoms with E-state index in [9.17, 15) is 5.11 Å². The van der Waals surface area contributed by atoms with Crippen molar-refractivity contribution < 1.29 is 9.84 Å². The first-order valence-corrected chi connectivity index (χ1v) is 4.82. The molecule has 0 amide bonds. The van der Waals surface area contributed by atoms with Gasteiger partial charge < -0.3 is 15.6 Å². The quantitative estimate of drug-likeness (QED) is 0.807. The van der Waals surface area contributed by atoms with Gasteiger partial charge in [0.1, 0.15) is 0 Å². The molecule has 0 radical (unpaired) electrons. The number of methoxy groups -OCH3 is 1. The predicted molar refractivity (Wildman–Crippen MR) is 57.0 cm³/mol. The molecule has 0 unspecified atom stereocenters. The van der Waals surface area contributed by atoms with Crippen molar-refractivity contribution in [3.05, 3.63) is 22.7 Å². The second kappa shape index (κ2) is 5.08. The fraction of sp³-hybridized carbons (Fsp3) is 0.400. The summed E-state index contributed by atoms with van der Waals surface area (Å²) in [6.45, 7) is 0.592. The molecule has 0 aliphatic rings. The number of nitrogens with two attached hydrogens (primary N) is 1. The van der Waals surface area contributed by atoms with Gasteiger partial charge >= 0.3 is 0 Å². The van der Waals surface area contributed by atoms with Crippen LogP contribution in [0.15, 0.2) is 12.1 Å². The molecule has 0 bridgehead atoms. The van der Waals surface area contributed by atoms with E-state index in [1.807, 2.05) is 0 Å². The fourth-order valence-electron chi connectivity index (χ4n) is 1.27. The average Bonchev–Trinajstić information content (AvgIpc) is 2.18. The molecule has 0 heterocycles. The van der Waals surface area contributed by atoms with Crippen LogP contribution in [0.5, 0.6) is 11.5 Å². The molecule has 14 heavy (non-hydrogen) atoms. The molecular weight excluding hydrogens is 202 g/mol. The van der Waals surface area contributed by atoms with Crippen molar-refractivity contribution in [3.8, 4) is 11.5 Å². The van der Waals surface area contributed by atoms with Crippen LogP contribution >= 0.6 is 11.6 Å². The van der Waals surface area contributed by atoms with E-state index in [0.29, 0.717) is 23.7 Å². The summed E-state index contributed by atoms with van der Waals surface area (Å²) < 4.78 is 4.98. The van der Waals surface area contributed by atoms with Gasteiger partial charge in [0.25, 0.3) is 0 Å². The molecule has 0 aliphatic carbocycles. The highest BCUT2D eigenvalue weighted by Crippen LogP contribution is 2.33. The average molecular weight is 216 g/mol. The number of benzene rings is 1. The minimum Gasteiger partial charge on any atom is -0.504 e. The summed E-state index contributed by atoms with van der Waals surface area (Å²) in [5.41, 5.74) is 6.17. The van der Waals surface area contributed by atoms with E-state index in [0.717, 1.165) is 12.0 Å². The Morgan fingerprint density at radius 3 is 2.79 bits per heavy atom. The summed E-state index contributed by atoms with van der Waals surface area (Å²) in [5.74, 6) is 0.565. The minimum absolute atomic E-state index is 0.158. The van der Waals surface area contributed by atoms with Crippen LogP contribution in [-0.2, 0) is 6.42 Å². The molecule has 78 valence electrons. The normalized spacial score (nSPS) is 10.2.